The number of aryl methyl sites for hydroxylation is 1. The van der Waals surface area contributed by atoms with E-state index >= 15 is 0 Å². The molecule has 0 aromatic heterocycles. The number of hydrogen-bond acceptors (Lipinski definition) is 4. The van der Waals surface area contributed by atoms with E-state index in [9.17, 15) is 15.3 Å². The Labute approximate surface area is 163 Å². The molecule has 4 heteroatoms. The highest BCUT2D eigenvalue weighted by Gasteiger charge is 2.28. The van der Waals surface area contributed by atoms with Gasteiger partial charge in [-0.25, -0.2) is 0 Å². The highest BCUT2D eigenvalue weighted by Crippen LogP contribution is 2.33. The Morgan fingerprint density at radius 2 is 1.74 bits per heavy atom. The van der Waals surface area contributed by atoms with Crippen molar-refractivity contribution in [3.05, 3.63) is 28.8 Å². The molecular weight excluding hydrogens is 336 g/mol. The number of hydrogen-bond donors (Lipinski definition) is 0. The van der Waals surface area contributed by atoms with Crippen molar-refractivity contribution in [2.45, 2.75) is 78.1 Å². The number of nitrogens with zero attached hydrogens (tertiary/aromatic N) is 2. The van der Waals surface area contributed by atoms with E-state index in [0.717, 1.165) is 62.8 Å². The summed E-state index contributed by atoms with van der Waals surface area (Å²) in [5.74, 6) is 0.596. The maximum absolute atomic E-state index is 12.6. The zero-order chi connectivity index (χ0) is 19.6. The highest BCUT2D eigenvalue weighted by atomic mass is 16.5. The minimum absolute atomic E-state index is 0.0978. The normalized spacial score (nSPS) is 19.1. The van der Waals surface area contributed by atoms with Crippen molar-refractivity contribution < 1.29 is 9.53 Å². The molecule has 0 atom stereocenters. The molecule has 0 unspecified atom stereocenters. The molecule has 4 nitrogen and oxygen atoms in total. The molecule has 1 aliphatic rings. The number of carbonyl (C=O) groups is 1. The lowest BCUT2D eigenvalue weighted by atomic mass is 9.80. The molecule has 1 aromatic carbocycles. The van der Waals surface area contributed by atoms with E-state index in [1.165, 1.54) is 12.8 Å². The number of benzene rings is 1. The summed E-state index contributed by atoms with van der Waals surface area (Å²) in [5.41, 5.74) is 1.41. The SMILES string of the molecule is CCCCCc1ccc(OC(=O)C2CCC(CCC)CC2)c(C#N)c1C#N. The highest BCUT2D eigenvalue weighted by molar-refractivity contribution is 5.76. The molecule has 0 amide bonds. The van der Waals surface area contributed by atoms with Crippen LogP contribution in [0.5, 0.6) is 5.75 Å². The quantitative estimate of drug-likeness (QED) is 0.337. The standard InChI is InChI=1S/C23H30N2O2/c1-3-5-6-8-18-13-14-22(21(16-25)20(18)15-24)27-23(26)19-11-9-17(7-4-2)10-12-19/h13-14,17,19H,3-12H2,1-2H3. The first-order valence-corrected chi connectivity index (χ1v) is 10.3. The minimum atomic E-state index is -0.260. The molecule has 2 rings (SSSR count). The van der Waals surface area contributed by atoms with E-state index < -0.39 is 0 Å². The molecule has 1 aromatic rings. The largest absolute Gasteiger partial charge is 0.425 e. The first-order chi connectivity index (χ1) is 13.1. The molecule has 1 aliphatic carbocycles. The van der Waals surface area contributed by atoms with Gasteiger partial charge in [-0.2, -0.15) is 10.5 Å². The molecule has 0 saturated heterocycles. The van der Waals surface area contributed by atoms with Crippen molar-refractivity contribution >= 4 is 5.97 Å². The number of ether oxygens (including phenoxy) is 1. The molecular formula is C23H30N2O2. The summed E-state index contributed by atoms with van der Waals surface area (Å²) in [7, 11) is 0. The van der Waals surface area contributed by atoms with Crippen LogP contribution in [0.15, 0.2) is 12.1 Å². The van der Waals surface area contributed by atoms with Gasteiger partial charge in [0.05, 0.1) is 11.5 Å². The summed E-state index contributed by atoms with van der Waals surface area (Å²) in [6.45, 7) is 4.33. The first-order valence-electron chi connectivity index (χ1n) is 10.3. The van der Waals surface area contributed by atoms with E-state index in [1.54, 1.807) is 6.07 Å². The topological polar surface area (TPSA) is 73.9 Å². The fraction of sp³-hybridized carbons (Fsp3) is 0.609. The fourth-order valence-corrected chi connectivity index (χ4v) is 4.01. The maximum Gasteiger partial charge on any atom is 0.314 e. The maximum atomic E-state index is 12.6. The van der Waals surface area contributed by atoms with E-state index in [-0.39, 0.29) is 23.2 Å². The Bertz CT molecular complexity index is 719. The van der Waals surface area contributed by atoms with E-state index in [2.05, 4.69) is 26.0 Å². The van der Waals surface area contributed by atoms with Gasteiger partial charge in [-0.05, 0) is 56.1 Å². The molecule has 0 radical (unpaired) electrons. The van der Waals surface area contributed by atoms with Gasteiger partial charge in [0.2, 0.25) is 0 Å². The summed E-state index contributed by atoms with van der Waals surface area (Å²) in [4.78, 5) is 12.6. The summed E-state index contributed by atoms with van der Waals surface area (Å²) >= 11 is 0. The smallest absolute Gasteiger partial charge is 0.314 e. The van der Waals surface area contributed by atoms with Crippen LogP contribution in [0.3, 0.4) is 0 Å². The van der Waals surface area contributed by atoms with Crippen molar-refractivity contribution in [3.8, 4) is 17.9 Å². The predicted molar refractivity (Wildman–Crippen MR) is 105 cm³/mol. The second-order valence-electron chi connectivity index (χ2n) is 7.58. The zero-order valence-corrected chi connectivity index (χ0v) is 16.6. The summed E-state index contributed by atoms with van der Waals surface area (Å²) in [6, 6.07) is 7.73. The third kappa shape index (κ3) is 5.57. The van der Waals surface area contributed by atoms with Gasteiger partial charge in [-0.15, -0.1) is 0 Å². The van der Waals surface area contributed by atoms with Crippen LogP contribution in [0.4, 0.5) is 0 Å². The number of esters is 1. The van der Waals surface area contributed by atoms with Crippen LogP contribution in [0, 0.1) is 34.5 Å². The van der Waals surface area contributed by atoms with E-state index in [4.69, 9.17) is 4.74 Å². The Hall–Kier alpha value is -2.33. The lowest BCUT2D eigenvalue weighted by Crippen LogP contribution is -2.26. The van der Waals surface area contributed by atoms with Gasteiger partial charge in [0.25, 0.3) is 0 Å². The third-order valence-corrected chi connectivity index (χ3v) is 5.61. The Morgan fingerprint density at radius 1 is 1.04 bits per heavy atom. The molecule has 1 saturated carbocycles. The number of rotatable bonds is 8. The van der Waals surface area contributed by atoms with Gasteiger partial charge in [0.15, 0.2) is 0 Å². The van der Waals surface area contributed by atoms with Crippen LogP contribution >= 0.6 is 0 Å². The van der Waals surface area contributed by atoms with Crippen LogP contribution in [0.1, 0.15) is 88.3 Å². The molecule has 27 heavy (non-hydrogen) atoms. The Kier molecular flexibility index (Phi) is 8.34. The minimum Gasteiger partial charge on any atom is -0.425 e. The van der Waals surface area contributed by atoms with Gasteiger partial charge in [-0.1, -0.05) is 45.6 Å². The first kappa shape index (κ1) is 21.0. The molecule has 1 fully saturated rings. The summed E-state index contributed by atoms with van der Waals surface area (Å²) < 4.78 is 5.58. The van der Waals surface area contributed by atoms with Crippen molar-refractivity contribution in [3.63, 3.8) is 0 Å². The second-order valence-corrected chi connectivity index (χ2v) is 7.58. The molecule has 144 valence electrons. The molecule has 0 bridgehead atoms. The lowest BCUT2D eigenvalue weighted by molar-refractivity contribution is -0.140. The average Bonchev–Trinajstić information content (AvgIpc) is 2.69. The average molecular weight is 367 g/mol. The molecule has 0 heterocycles. The molecule has 0 aliphatic heterocycles. The van der Waals surface area contributed by atoms with Crippen molar-refractivity contribution in [1.29, 1.82) is 10.5 Å². The molecule has 0 N–H and O–H groups in total. The summed E-state index contributed by atoms with van der Waals surface area (Å²) in [5, 5.41) is 19.1. The van der Waals surface area contributed by atoms with Crippen molar-refractivity contribution in [2.24, 2.45) is 11.8 Å². The zero-order valence-electron chi connectivity index (χ0n) is 16.6. The Morgan fingerprint density at radius 3 is 2.33 bits per heavy atom. The predicted octanol–water partition coefficient (Wildman–Crippen LogP) is 5.67. The monoisotopic (exact) mass is 366 g/mol. The third-order valence-electron chi connectivity index (χ3n) is 5.61. The number of nitriles is 2. The van der Waals surface area contributed by atoms with Gasteiger partial charge in [0.1, 0.15) is 23.5 Å². The second kappa shape index (κ2) is 10.7. The van der Waals surface area contributed by atoms with Gasteiger partial charge in [0, 0.05) is 0 Å². The van der Waals surface area contributed by atoms with Crippen LogP contribution in [0.25, 0.3) is 0 Å². The van der Waals surface area contributed by atoms with Crippen LogP contribution in [-0.2, 0) is 11.2 Å². The van der Waals surface area contributed by atoms with Gasteiger partial charge >= 0.3 is 5.97 Å². The van der Waals surface area contributed by atoms with Gasteiger partial charge in [-0.3, -0.25) is 4.79 Å². The van der Waals surface area contributed by atoms with Crippen LogP contribution < -0.4 is 4.74 Å². The van der Waals surface area contributed by atoms with Crippen molar-refractivity contribution in [1.82, 2.24) is 0 Å². The number of unbranched alkanes of at least 4 members (excludes halogenated alkanes) is 2. The van der Waals surface area contributed by atoms with Crippen LogP contribution in [-0.4, -0.2) is 5.97 Å². The van der Waals surface area contributed by atoms with Crippen molar-refractivity contribution in [2.75, 3.05) is 0 Å². The van der Waals surface area contributed by atoms with Crippen LogP contribution in [0.2, 0.25) is 0 Å². The van der Waals surface area contributed by atoms with E-state index in [1.807, 2.05) is 6.07 Å². The summed E-state index contributed by atoms with van der Waals surface area (Å²) in [6.07, 6.45) is 10.2. The number of carbonyl (C=O) groups excluding carboxylic acids is 1. The molecule has 0 spiro atoms. The van der Waals surface area contributed by atoms with E-state index in [0.29, 0.717) is 5.56 Å². The Balaban J connectivity index is 2.09. The lowest BCUT2D eigenvalue weighted by Gasteiger charge is -2.27. The van der Waals surface area contributed by atoms with Gasteiger partial charge < -0.3 is 4.74 Å². The fourth-order valence-electron chi connectivity index (χ4n) is 4.01.